The van der Waals surface area contributed by atoms with Gasteiger partial charge in [0.25, 0.3) is 5.91 Å². The molecule has 1 amide bonds. The molecule has 0 unspecified atom stereocenters. The van der Waals surface area contributed by atoms with Crippen molar-refractivity contribution in [2.24, 2.45) is 0 Å². The highest BCUT2D eigenvalue weighted by Crippen LogP contribution is 2.26. The van der Waals surface area contributed by atoms with Crippen molar-refractivity contribution in [1.82, 2.24) is 19.2 Å². The Morgan fingerprint density at radius 2 is 1.78 bits per heavy atom. The van der Waals surface area contributed by atoms with Gasteiger partial charge in [-0.15, -0.1) is 0 Å². The molecule has 1 fully saturated rings. The Kier molecular flexibility index (Phi) is 6.68. The molecule has 2 aromatic carbocycles. The molecule has 0 aliphatic carbocycles. The maximum absolute atomic E-state index is 13.0. The largest absolute Gasteiger partial charge is 0.484 e. The molecular formula is C24H27FN4O3. The van der Waals surface area contributed by atoms with Crippen molar-refractivity contribution in [3.05, 3.63) is 82.3 Å². The van der Waals surface area contributed by atoms with Gasteiger partial charge in [0.05, 0.1) is 6.54 Å². The Morgan fingerprint density at radius 1 is 1.09 bits per heavy atom. The number of hydrogen-bond acceptors (Lipinski definition) is 4. The number of benzene rings is 2. The lowest BCUT2D eigenvalue weighted by atomic mass is 9.96. The average Bonchev–Trinajstić information content (AvgIpc) is 3.14. The minimum absolute atomic E-state index is 0.0817. The molecule has 2 heterocycles. The molecule has 0 N–H and O–H groups in total. The van der Waals surface area contributed by atoms with Gasteiger partial charge in [0, 0.05) is 25.6 Å². The lowest BCUT2D eigenvalue weighted by Crippen LogP contribution is -2.41. The number of likely N-dealkylation sites (tertiary alicyclic amines) is 1. The van der Waals surface area contributed by atoms with Crippen molar-refractivity contribution in [2.45, 2.75) is 38.8 Å². The van der Waals surface area contributed by atoms with Crippen LogP contribution in [-0.4, -0.2) is 44.9 Å². The number of carbonyl (C=O) groups is 1. The van der Waals surface area contributed by atoms with Gasteiger partial charge in [-0.3, -0.25) is 9.36 Å². The molecule has 1 aliphatic heterocycles. The van der Waals surface area contributed by atoms with Crippen LogP contribution >= 0.6 is 0 Å². The van der Waals surface area contributed by atoms with E-state index in [4.69, 9.17) is 4.74 Å². The first-order chi connectivity index (χ1) is 15.5. The predicted molar refractivity (Wildman–Crippen MR) is 118 cm³/mol. The quantitative estimate of drug-likeness (QED) is 0.569. The molecule has 1 aromatic heterocycles. The summed E-state index contributed by atoms with van der Waals surface area (Å²) in [7, 11) is 0. The predicted octanol–water partition coefficient (Wildman–Crippen LogP) is 3.04. The zero-order valence-electron chi connectivity index (χ0n) is 18.1. The summed E-state index contributed by atoms with van der Waals surface area (Å²) in [6.45, 7) is 4.04. The van der Waals surface area contributed by atoms with Crippen LogP contribution in [0.1, 0.15) is 37.1 Å². The van der Waals surface area contributed by atoms with E-state index in [9.17, 15) is 14.0 Å². The molecule has 8 heteroatoms. The lowest BCUT2D eigenvalue weighted by molar-refractivity contribution is -0.134. The van der Waals surface area contributed by atoms with E-state index in [-0.39, 0.29) is 29.9 Å². The standard InChI is InChI=1S/C24H27FN4O3/c1-2-28-23(26-29(24(28)31)16-18-6-4-3-5-7-18)19-12-14-27(15-13-19)22(30)17-32-21-10-8-20(25)9-11-21/h3-11,19H,2,12-17H2,1H3. The Bertz CT molecular complexity index is 1100. The van der Waals surface area contributed by atoms with Crippen LogP contribution in [0.2, 0.25) is 0 Å². The summed E-state index contributed by atoms with van der Waals surface area (Å²) < 4.78 is 21.7. The summed E-state index contributed by atoms with van der Waals surface area (Å²) in [6, 6.07) is 15.4. The second-order valence-corrected chi connectivity index (χ2v) is 7.93. The second kappa shape index (κ2) is 9.80. The van der Waals surface area contributed by atoms with Crippen molar-refractivity contribution >= 4 is 5.91 Å². The SMILES string of the molecule is CCn1c(C2CCN(C(=O)COc3ccc(F)cc3)CC2)nn(Cc2ccccc2)c1=O. The number of amides is 1. The van der Waals surface area contributed by atoms with Crippen molar-refractivity contribution in [1.29, 1.82) is 0 Å². The smallest absolute Gasteiger partial charge is 0.346 e. The fourth-order valence-electron chi connectivity index (χ4n) is 4.07. The van der Waals surface area contributed by atoms with E-state index in [0.717, 1.165) is 24.2 Å². The van der Waals surface area contributed by atoms with Gasteiger partial charge < -0.3 is 9.64 Å². The Balaban J connectivity index is 1.37. The molecule has 168 valence electrons. The van der Waals surface area contributed by atoms with Crippen molar-refractivity contribution < 1.29 is 13.9 Å². The van der Waals surface area contributed by atoms with Crippen LogP contribution in [0.25, 0.3) is 0 Å². The number of halogens is 1. The minimum atomic E-state index is -0.345. The fraction of sp³-hybridized carbons (Fsp3) is 0.375. The van der Waals surface area contributed by atoms with E-state index in [2.05, 4.69) is 5.10 Å². The highest BCUT2D eigenvalue weighted by Gasteiger charge is 2.28. The van der Waals surface area contributed by atoms with Crippen LogP contribution < -0.4 is 10.4 Å². The van der Waals surface area contributed by atoms with Crippen LogP contribution in [0.15, 0.2) is 59.4 Å². The summed E-state index contributed by atoms with van der Waals surface area (Å²) in [5, 5.41) is 4.66. The van der Waals surface area contributed by atoms with E-state index in [1.807, 2.05) is 37.3 Å². The number of piperidine rings is 1. The van der Waals surface area contributed by atoms with E-state index < -0.39 is 0 Å². The average molecular weight is 439 g/mol. The molecule has 0 spiro atoms. The second-order valence-electron chi connectivity index (χ2n) is 7.93. The Labute approximate surface area is 186 Å². The number of ether oxygens (including phenoxy) is 1. The molecule has 32 heavy (non-hydrogen) atoms. The molecular weight excluding hydrogens is 411 g/mol. The first kappa shape index (κ1) is 21.8. The first-order valence-electron chi connectivity index (χ1n) is 10.9. The van der Waals surface area contributed by atoms with Crippen LogP contribution in [-0.2, 0) is 17.9 Å². The number of aromatic nitrogens is 3. The van der Waals surface area contributed by atoms with Gasteiger partial charge >= 0.3 is 5.69 Å². The van der Waals surface area contributed by atoms with Crippen LogP contribution in [0.4, 0.5) is 4.39 Å². The molecule has 0 saturated carbocycles. The molecule has 1 saturated heterocycles. The summed E-state index contributed by atoms with van der Waals surface area (Å²) in [5.41, 5.74) is 0.932. The third kappa shape index (κ3) is 4.90. The molecule has 0 atom stereocenters. The molecule has 4 rings (SSSR count). The summed E-state index contributed by atoms with van der Waals surface area (Å²) in [4.78, 5) is 27.1. The molecule has 7 nitrogen and oxygen atoms in total. The lowest BCUT2D eigenvalue weighted by Gasteiger charge is -2.31. The van der Waals surface area contributed by atoms with E-state index in [1.165, 1.54) is 28.9 Å². The molecule has 0 bridgehead atoms. The number of rotatable bonds is 7. The van der Waals surface area contributed by atoms with Crippen LogP contribution in [0, 0.1) is 5.82 Å². The van der Waals surface area contributed by atoms with Crippen LogP contribution in [0.3, 0.4) is 0 Å². The monoisotopic (exact) mass is 438 g/mol. The Morgan fingerprint density at radius 3 is 2.44 bits per heavy atom. The van der Waals surface area contributed by atoms with Crippen molar-refractivity contribution in [3.8, 4) is 5.75 Å². The maximum Gasteiger partial charge on any atom is 0.346 e. The van der Waals surface area contributed by atoms with E-state index in [1.54, 1.807) is 9.47 Å². The van der Waals surface area contributed by atoms with Crippen molar-refractivity contribution in [3.63, 3.8) is 0 Å². The topological polar surface area (TPSA) is 69.4 Å². The minimum Gasteiger partial charge on any atom is -0.484 e. The van der Waals surface area contributed by atoms with E-state index in [0.29, 0.717) is 31.9 Å². The summed E-state index contributed by atoms with van der Waals surface area (Å²) >= 11 is 0. The molecule has 3 aromatic rings. The van der Waals surface area contributed by atoms with Gasteiger partial charge in [0.1, 0.15) is 17.4 Å². The Hall–Kier alpha value is -3.42. The van der Waals surface area contributed by atoms with Crippen LogP contribution in [0.5, 0.6) is 5.75 Å². The van der Waals surface area contributed by atoms with Gasteiger partial charge in [-0.1, -0.05) is 30.3 Å². The number of hydrogen-bond donors (Lipinski definition) is 0. The molecule has 0 radical (unpaired) electrons. The summed E-state index contributed by atoms with van der Waals surface area (Å²) in [5.74, 6) is 0.938. The van der Waals surface area contributed by atoms with Gasteiger partial charge in [-0.05, 0) is 49.6 Å². The third-order valence-corrected chi connectivity index (χ3v) is 5.83. The van der Waals surface area contributed by atoms with E-state index >= 15 is 0 Å². The van der Waals surface area contributed by atoms with Gasteiger partial charge in [-0.25, -0.2) is 13.9 Å². The highest BCUT2D eigenvalue weighted by atomic mass is 19.1. The number of nitrogens with zero attached hydrogens (tertiary/aromatic N) is 4. The van der Waals surface area contributed by atoms with Gasteiger partial charge in [0.15, 0.2) is 6.61 Å². The maximum atomic E-state index is 13.0. The number of carbonyl (C=O) groups excluding carboxylic acids is 1. The zero-order valence-corrected chi connectivity index (χ0v) is 18.1. The third-order valence-electron chi connectivity index (χ3n) is 5.83. The highest BCUT2D eigenvalue weighted by molar-refractivity contribution is 5.77. The summed E-state index contributed by atoms with van der Waals surface area (Å²) in [6.07, 6.45) is 1.48. The van der Waals surface area contributed by atoms with Gasteiger partial charge in [-0.2, -0.15) is 5.10 Å². The van der Waals surface area contributed by atoms with Crippen molar-refractivity contribution in [2.75, 3.05) is 19.7 Å². The zero-order chi connectivity index (χ0) is 22.5. The van der Waals surface area contributed by atoms with Gasteiger partial charge in [0.2, 0.25) is 0 Å². The normalized spacial score (nSPS) is 14.5. The molecule has 1 aliphatic rings. The first-order valence-corrected chi connectivity index (χ1v) is 10.9. The fourth-order valence-corrected chi connectivity index (χ4v) is 4.07.